The zero-order chi connectivity index (χ0) is 23.9. The Morgan fingerprint density at radius 1 is 0.912 bits per heavy atom. The monoisotopic (exact) mass is 489 g/mol. The molecule has 0 aliphatic heterocycles. The maximum atomic E-state index is 12.0. The Hall–Kier alpha value is -2.93. The second kappa shape index (κ2) is 11.5. The van der Waals surface area contributed by atoms with Crippen molar-refractivity contribution in [1.82, 2.24) is 4.72 Å². The van der Waals surface area contributed by atoms with Crippen molar-refractivity contribution in [3.8, 4) is 11.5 Å². The molecule has 0 aliphatic rings. The average molecular weight is 490 g/mol. The van der Waals surface area contributed by atoms with Crippen molar-refractivity contribution < 1.29 is 14.3 Å². The summed E-state index contributed by atoms with van der Waals surface area (Å²) in [5.41, 5.74) is 2.65. The van der Waals surface area contributed by atoms with Gasteiger partial charge < -0.3 is 9.47 Å². The summed E-state index contributed by atoms with van der Waals surface area (Å²) < 4.78 is 14.4. The SMILES string of the molecule is COC(=O)c1cc(SNCCSc2ccc(Oc3cccc4ccccc34)cc2)cc(C)c1C. The van der Waals surface area contributed by atoms with Crippen LogP contribution in [0.1, 0.15) is 21.5 Å². The Labute approximate surface area is 209 Å². The zero-order valence-electron chi connectivity index (χ0n) is 19.5. The molecule has 0 fully saturated rings. The number of methoxy groups -OCH3 is 1. The fraction of sp³-hybridized carbons (Fsp3) is 0.179. The molecule has 6 heteroatoms. The number of rotatable bonds is 9. The maximum absolute atomic E-state index is 12.0. The van der Waals surface area contributed by atoms with Gasteiger partial charge in [0.2, 0.25) is 0 Å². The van der Waals surface area contributed by atoms with Gasteiger partial charge in [-0.1, -0.05) is 36.4 Å². The van der Waals surface area contributed by atoms with Crippen LogP contribution in [-0.2, 0) is 4.74 Å². The average Bonchev–Trinajstić information content (AvgIpc) is 2.86. The van der Waals surface area contributed by atoms with E-state index in [0.29, 0.717) is 5.56 Å². The van der Waals surface area contributed by atoms with Gasteiger partial charge in [0.15, 0.2) is 0 Å². The number of esters is 1. The van der Waals surface area contributed by atoms with Crippen molar-refractivity contribution in [2.45, 2.75) is 23.6 Å². The van der Waals surface area contributed by atoms with Crippen LogP contribution in [0.2, 0.25) is 0 Å². The molecule has 4 aromatic rings. The van der Waals surface area contributed by atoms with Crippen LogP contribution in [0.25, 0.3) is 10.8 Å². The maximum Gasteiger partial charge on any atom is 0.338 e. The molecule has 0 amide bonds. The molecule has 0 saturated carbocycles. The lowest BCUT2D eigenvalue weighted by Gasteiger charge is -2.11. The predicted molar refractivity (Wildman–Crippen MR) is 142 cm³/mol. The molecule has 0 unspecified atom stereocenters. The summed E-state index contributed by atoms with van der Waals surface area (Å²) in [6.07, 6.45) is 0. The summed E-state index contributed by atoms with van der Waals surface area (Å²) in [6.45, 7) is 4.78. The van der Waals surface area contributed by atoms with Crippen molar-refractivity contribution in [2.75, 3.05) is 19.4 Å². The first-order valence-corrected chi connectivity index (χ1v) is 12.8. The van der Waals surface area contributed by atoms with E-state index in [1.807, 2.05) is 56.3 Å². The summed E-state index contributed by atoms with van der Waals surface area (Å²) >= 11 is 3.32. The van der Waals surface area contributed by atoms with Gasteiger partial charge >= 0.3 is 5.97 Å². The van der Waals surface area contributed by atoms with Gasteiger partial charge in [0.05, 0.1) is 12.7 Å². The molecule has 0 aromatic heterocycles. The van der Waals surface area contributed by atoms with Crippen LogP contribution in [0.5, 0.6) is 11.5 Å². The quantitative estimate of drug-likeness (QED) is 0.114. The first kappa shape index (κ1) is 24.2. The van der Waals surface area contributed by atoms with E-state index < -0.39 is 0 Å². The molecule has 0 spiro atoms. The minimum absolute atomic E-state index is 0.300. The number of benzene rings is 4. The molecule has 0 radical (unpaired) electrons. The number of fused-ring (bicyclic) bond motifs is 1. The molecule has 174 valence electrons. The summed E-state index contributed by atoms with van der Waals surface area (Å²) in [5, 5.41) is 2.27. The van der Waals surface area contributed by atoms with Crippen LogP contribution in [0.3, 0.4) is 0 Å². The van der Waals surface area contributed by atoms with Crippen molar-refractivity contribution in [3.63, 3.8) is 0 Å². The molecule has 34 heavy (non-hydrogen) atoms. The topological polar surface area (TPSA) is 47.6 Å². The highest BCUT2D eigenvalue weighted by atomic mass is 32.2. The Morgan fingerprint density at radius 3 is 2.47 bits per heavy atom. The van der Waals surface area contributed by atoms with Crippen molar-refractivity contribution >= 4 is 40.5 Å². The van der Waals surface area contributed by atoms with Gasteiger partial charge in [-0.3, -0.25) is 4.72 Å². The molecule has 0 bridgehead atoms. The smallest absolute Gasteiger partial charge is 0.338 e. The molecule has 4 nitrogen and oxygen atoms in total. The Bertz CT molecular complexity index is 1280. The van der Waals surface area contributed by atoms with Gasteiger partial charge in [-0.05, 0) is 84.8 Å². The van der Waals surface area contributed by atoms with Crippen LogP contribution in [0.4, 0.5) is 0 Å². The largest absolute Gasteiger partial charge is 0.465 e. The number of aryl methyl sites for hydroxylation is 1. The highest BCUT2D eigenvalue weighted by molar-refractivity contribution is 7.99. The molecule has 1 N–H and O–H groups in total. The molecule has 0 saturated heterocycles. The highest BCUT2D eigenvalue weighted by Crippen LogP contribution is 2.31. The lowest BCUT2D eigenvalue weighted by Crippen LogP contribution is -2.09. The molecular weight excluding hydrogens is 462 g/mol. The molecule has 0 atom stereocenters. The van der Waals surface area contributed by atoms with E-state index in [4.69, 9.17) is 9.47 Å². The third kappa shape index (κ3) is 5.95. The number of nitrogens with one attached hydrogen (secondary N) is 1. The summed E-state index contributed by atoms with van der Waals surface area (Å²) in [4.78, 5) is 14.2. The Balaban J connectivity index is 1.27. The first-order valence-electron chi connectivity index (χ1n) is 11.0. The normalized spacial score (nSPS) is 10.9. The van der Waals surface area contributed by atoms with E-state index in [-0.39, 0.29) is 5.97 Å². The third-order valence-corrected chi connectivity index (χ3v) is 7.34. The van der Waals surface area contributed by atoms with Crippen LogP contribution in [0.15, 0.2) is 88.7 Å². The van der Waals surface area contributed by atoms with Crippen LogP contribution in [0, 0.1) is 13.8 Å². The highest BCUT2D eigenvalue weighted by Gasteiger charge is 2.13. The van der Waals surface area contributed by atoms with Crippen LogP contribution < -0.4 is 9.46 Å². The Kier molecular flexibility index (Phi) is 8.16. The van der Waals surface area contributed by atoms with Gasteiger partial charge in [0, 0.05) is 27.5 Å². The van der Waals surface area contributed by atoms with Gasteiger partial charge in [-0.25, -0.2) is 4.79 Å². The summed E-state index contributed by atoms with van der Waals surface area (Å²) in [6, 6.07) is 26.5. The molecular formula is C28H27NO3S2. The van der Waals surface area contributed by atoms with E-state index in [2.05, 4.69) is 41.1 Å². The van der Waals surface area contributed by atoms with Gasteiger partial charge in [-0.15, -0.1) is 11.8 Å². The van der Waals surface area contributed by atoms with E-state index >= 15 is 0 Å². The number of hydrogen-bond acceptors (Lipinski definition) is 6. The zero-order valence-corrected chi connectivity index (χ0v) is 21.1. The summed E-state index contributed by atoms with van der Waals surface area (Å²) in [5.74, 6) is 2.31. The minimum Gasteiger partial charge on any atom is -0.465 e. The van der Waals surface area contributed by atoms with Crippen LogP contribution in [-0.4, -0.2) is 25.4 Å². The number of thioether (sulfide) groups is 1. The van der Waals surface area contributed by atoms with E-state index in [0.717, 1.165) is 45.2 Å². The van der Waals surface area contributed by atoms with Crippen molar-refractivity contribution in [2.24, 2.45) is 0 Å². The lowest BCUT2D eigenvalue weighted by molar-refractivity contribution is 0.0599. The fourth-order valence-electron chi connectivity index (χ4n) is 3.57. The second-order valence-electron chi connectivity index (χ2n) is 7.80. The number of carbonyl (C=O) groups excluding carboxylic acids is 1. The molecule has 4 aromatic carbocycles. The first-order chi connectivity index (χ1) is 16.5. The number of hydrogen-bond donors (Lipinski definition) is 1. The van der Waals surface area contributed by atoms with Gasteiger partial charge in [0.25, 0.3) is 0 Å². The van der Waals surface area contributed by atoms with E-state index in [1.54, 1.807) is 11.8 Å². The molecule has 0 aliphatic carbocycles. The van der Waals surface area contributed by atoms with Crippen LogP contribution >= 0.6 is 23.7 Å². The van der Waals surface area contributed by atoms with E-state index in [1.165, 1.54) is 29.3 Å². The Morgan fingerprint density at radius 2 is 1.68 bits per heavy atom. The second-order valence-corrected chi connectivity index (χ2v) is 9.93. The van der Waals surface area contributed by atoms with Crippen molar-refractivity contribution in [1.29, 1.82) is 0 Å². The van der Waals surface area contributed by atoms with E-state index in [9.17, 15) is 4.79 Å². The van der Waals surface area contributed by atoms with Gasteiger partial charge in [0.1, 0.15) is 11.5 Å². The lowest BCUT2D eigenvalue weighted by atomic mass is 10.0. The van der Waals surface area contributed by atoms with Gasteiger partial charge in [-0.2, -0.15) is 0 Å². The minimum atomic E-state index is -0.300. The molecule has 0 heterocycles. The number of ether oxygens (including phenoxy) is 2. The van der Waals surface area contributed by atoms with Crippen molar-refractivity contribution in [3.05, 3.63) is 95.6 Å². The predicted octanol–water partition coefficient (Wildman–Crippen LogP) is 7.42. The summed E-state index contributed by atoms with van der Waals surface area (Å²) in [7, 11) is 1.41. The standard InChI is InChI=1S/C28H27NO3S2/c1-19-17-24(18-26(20(19)2)28(30)31-3)34-29-15-16-33-23-13-11-22(12-14-23)32-27-10-6-8-21-7-4-5-9-25(21)27/h4-14,17-18,29H,15-16H2,1-3H3. The third-order valence-electron chi connectivity index (χ3n) is 5.51. The number of carbonyl (C=O) groups is 1. The molecule has 4 rings (SSSR count). The fourth-order valence-corrected chi connectivity index (χ4v) is 5.25.